The fraction of sp³-hybridized carbons (Fsp3) is 0.320. The molecule has 1 unspecified atom stereocenters. The fourth-order valence-electron chi connectivity index (χ4n) is 4.32. The minimum atomic E-state index is -1.71. The molecule has 1 amide bonds. The summed E-state index contributed by atoms with van der Waals surface area (Å²) in [5, 5.41) is 4.84. The molecule has 0 bridgehead atoms. The van der Waals surface area contributed by atoms with Gasteiger partial charge in [-0.1, -0.05) is 12.1 Å². The molecule has 34 heavy (non-hydrogen) atoms. The molecule has 1 aliphatic heterocycles. The van der Waals surface area contributed by atoms with Gasteiger partial charge in [0.1, 0.15) is 10.7 Å². The molecule has 0 radical (unpaired) electrons. The Balaban J connectivity index is 1.58. The average Bonchev–Trinajstić information content (AvgIpc) is 3.27. The molecule has 0 spiro atoms. The molecular weight excluding hydrogens is 473 g/mol. The third-order valence-corrected chi connectivity index (χ3v) is 8.15. The number of thiophene rings is 1. The van der Waals surface area contributed by atoms with Crippen molar-refractivity contribution in [2.45, 2.75) is 32.6 Å². The Bertz CT molecular complexity index is 1250. The van der Waals surface area contributed by atoms with Crippen LogP contribution in [0.3, 0.4) is 0 Å². The van der Waals surface area contributed by atoms with Gasteiger partial charge in [0.05, 0.1) is 23.8 Å². The van der Waals surface area contributed by atoms with E-state index in [4.69, 9.17) is 4.74 Å². The van der Waals surface area contributed by atoms with Gasteiger partial charge in [-0.3, -0.25) is 9.52 Å². The average molecular weight is 502 g/mol. The van der Waals surface area contributed by atoms with Crippen LogP contribution < -0.4 is 14.9 Å². The maximum atomic E-state index is 13.9. The highest BCUT2D eigenvalue weighted by Crippen LogP contribution is 2.35. The van der Waals surface area contributed by atoms with Gasteiger partial charge < -0.3 is 15.0 Å². The lowest BCUT2D eigenvalue weighted by molar-refractivity contribution is 0.103. The Morgan fingerprint density at radius 1 is 1.09 bits per heavy atom. The number of amides is 1. The SMILES string of the molecule is Cc1cc(C)c(N2CCOCC2)c(C)c1NC(=O)c1sccc1NS(=O)c1cccc(F)c1C. The number of nitrogens with one attached hydrogen (secondary N) is 2. The van der Waals surface area contributed by atoms with Gasteiger partial charge in [-0.2, -0.15) is 0 Å². The molecule has 9 heteroatoms. The molecule has 1 fully saturated rings. The molecule has 2 N–H and O–H groups in total. The third kappa shape index (κ3) is 4.87. The molecule has 1 saturated heterocycles. The number of hydrogen-bond donors (Lipinski definition) is 2. The number of hydrogen-bond acceptors (Lipinski definition) is 5. The Morgan fingerprint density at radius 3 is 2.56 bits per heavy atom. The highest BCUT2D eigenvalue weighted by Gasteiger charge is 2.22. The summed E-state index contributed by atoms with van der Waals surface area (Å²) in [5.74, 6) is -0.703. The molecule has 180 valence electrons. The van der Waals surface area contributed by atoms with Crippen LogP contribution in [-0.2, 0) is 15.7 Å². The molecule has 2 aromatic carbocycles. The second kappa shape index (κ2) is 10.2. The number of ether oxygens (including phenoxy) is 1. The number of halogens is 1. The van der Waals surface area contributed by atoms with Gasteiger partial charge in [-0.25, -0.2) is 8.60 Å². The first-order valence-electron chi connectivity index (χ1n) is 11.0. The van der Waals surface area contributed by atoms with E-state index >= 15 is 0 Å². The van der Waals surface area contributed by atoms with Crippen molar-refractivity contribution in [1.29, 1.82) is 0 Å². The van der Waals surface area contributed by atoms with Crippen molar-refractivity contribution in [3.05, 3.63) is 68.7 Å². The lowest BCUT2D eigenvalue weighted by Gasteiger charge is -2.32. The Labute approximate surface area is 205 Å². The largest absolute Gasteiger partial charge is 0.378 e. The standard InChI is InChI=1S/C25H28FN3O3S2/c1-15-14-16(2)23(29-9-11-32-12-10-29)18(4)22(15)27-25(30)24-20(8-13-33-24)28-34(31)21-7-5-6-19(26)17(21)3/h5-8,13-14,28H,9-12H2,1-4H3,(H,27,30). The van der Waals surface area contributed by atoms with Crippen LogP contribution >= 0.6 is 11.3 Å². The van der Waals surface area contributed by atoms with E-state index in [0.717, 1.165) is 41.2 Å². The zero-order valence-corrected chi connectivity index (χ0v) is 21.3. The summed E-state index contributed by atoms with van der Waals surface area (Å²) in [6.45, 7) is 10.7. The second-order valence-electron chi connectivity index (χ2n) is 8.31. The summed E-state index contributed by atoms with van der Waals surface area (Å²) in [6.07, 6.45) is 0. The summed E-state index contributed by atoms with van der Waals surface area (Å²) < 4.78 is 35.2. The maximum Gasteiger partial charge on any atom is 0.267 e. The van der Waals surface area contributed by atoms with E-state index in [1.165, 1.54) is 23.5 Å². The monoisotopic (exact) mass is 501 g/mol. The van der Waals surface area contributed by atoms with E-state index < -0.39 is 16.8 Å². The molecule has 2 heterocycles. The van der Waals surface area contributed by atoms with E-state index in [-0.39, 0.29) is 5.91 Å². The molecule has 1 aliphatic rings. The van der Waals surface area contributed by atoms with Crippen molar-refractivity contribution >= 4 is 45.3 Å². The number of carbonyl (C=O) groups is 1. The van der Waals surface area contributed by atoms with Crippen LogP contribution in [-0.4, -0.2) is 36.4 Å². The van der Waals surface area contributed by atoms with Crippen molar-refractivity contribution in [1.82, 2.24) is 0 Å². The van der Waals surface area contributed by atoms with Gasteiger partial charge in [0, 0.05) is 30.0 Å². The predicted molar refractivity (Wildman–Crippen MR) is 137 cm³/mol. The first-order chi connectivity index (χ1) is 16.3. The number of nitrogens with zero attached hydrogens (tertiary/aromatic N) is 1. The molecule has 1 atom stereocenters. The quantitative estimate of drug-likeness (QED) is 0.478. The van der Waals surface area contributed by atoms with E-state index in [2.05, 4.69) is 27.9 Å². The number of rotatable bonds is 6. The van der Waals surface area contributed by atoms with Crippen LogP contribution in [0.4, 0.5) is 21.5 Å². The normalized spacial score (nSPS) is 14.7. The highest BCUT2D eigenvalue weighted by atomic mass is 32.2. The van der Waals surface area contributed by atoms with E-state index in [1.807, 2.05) is 13.8 Å². The molecule has 0 saturated carbocycles. The number of benzene rings is 2. The molecule has 6 nitrogen and oxygen atoms in total. The van der Waals surface area contributed by atoms with Crippen LogP contribution in [0, 0.1) is 33.5 Å². The summed E-state index contributed by atoms with van der Waals surface area (Å²) in [5.41, 5.74) is 5.81. The van der Waals surface area contributed by atoms with E-state index in [1.54, 1.807) is 24.4 Å². The maximum absolute atomic E-state index is 13.9. The summed E-state index contributed by atoms with van der Waals surface area (Å²) >= 11 is 1.26. The topological polar surface area (TPSA) is 70.7 Å². The van der Waals surface area contributed by atoms with Crippen LogP contribution in [0.5, 0.6) is 0 Å². The van der Waals surface area contributed by atoms with Crippen LogP contribution in [0.1, 0.15) is 31.9 Å². The van der Waals surface area contributed by atoms with Gasteiger partial charge in [-0.05, 0) is 68.0 Å². The van der Waals surface area contributed by atoms with Gasteiger partial charge in [0.25, 0.3) is 5.91 Å². The Hall–Kier alpha value is -2.75. The first kappa shape index (κ1) is 24.4. The summed E-state index contributed by atoms with van der Waals surface area (Å²) in [4.78, 5) is 16.3. The van der Waals surface area contributed by atoms with Crippen molar-refractivity contribution in [3.8, 4) is 0 Å². The van der Waals surface area contributed by atoms with E-state index in [9.17, 15) is 13.4 Å². The molecule has 4 rings (SSSR count). The van der Waals surface area contributed by atoms with Gasteiger partial charge >= 0.3 is 0 Å². The van der Waals surface area contributed by atoms with Gasteiger partial charge in [-0.15, -0.1) is 11.3 Å². The number of morpholine rings is 1. The molecule has 3 aromatic rings. The summed E-state index contributed by atoms with van der Waals surface area (Å²) in [6, 6.07) is 8.26. The van der Waals surface area contributed by atoms with Crippen LogP contribution in [0.25, 0.3) is 0 Å². The van der Waals surface area contributed by atoms with E-state index in [0.29, 0.717) is 34.2 Å². The van der Waals surface area contributed by atoms with Gasteiger partial charge in [0.15, 0.2) is 11.0 Å². The van der Waals surface area contributed by atoms with Crippen molar-refractivity contribution in [3.63, 3.8) is 0 Å². The molecule has 1 aromatic heterocycles. The Kier molecular flexibility index (Phi) is 7.35. The minimum absolute atomic E-state index is 0.284. The number of anilines is 3. The zero-order chi connectivity index (χ0) is 24.4. The Morgan fingerprint density at radius 2 is 1.82 bits per heavy atom. The first-order valence-corrected chi connectivity index (χ1v) is 13.1. The number of carbonyl (C=O) groups excluding carboxylic acids is 1. The lowest BCUT2D eigenvalue weighted by Crippen LogP contribution is -2.37. The summed E-state index contributed by atoms with van der Waals surface area (Å²) in [7, 11) is -1.71. The third-order valence-electron chi connectivity index (χ3n) is 5.99. The minimum Gasteiger partial charge on any atom is -0.378 e. The zero-order valence-electron chi connectivity index (χ0n) is 19.7. The van der Waals surface area contributed by atoms with Gasteiger partial charge in [0.2, 0.25) is 0 Å². The smallest absolute Gasteiger partial charge is 0.267 e. The molecular formula is C25H28FN3O3S2. The fourth-order valence-corrected chi connectivity index (χ4v) is 6.19. The molecule has 0 aliphatic carbocycles. The van der Waals surface area contributed by atoms with Crippen molar-refractivity contribution in [2.75, 3.05) is 41.2 Å². The predicted octanol–water partition coefficient (Wildman–Crippen LogP) is 5.34. The second-order valence-corrected chi connectivity index (χ2v) is 10.4. The highest BCUT2D eigenvalue weighted by molar-refractivity contribution is 7.86. The van der Waals surface area contributed by atoms with Crippen molar-refractivity contribution < 1.29 is 18.1 Å². The van der Waals surface area contributed by atoms with Crippen molar-refractivity contribution in [2.24, 2.45) is 0 Å². The number of aryl methyl sites for hydroxylation is 2. The lowest BCUT2D eigenvalue weighted by atomic mass is 10.0. The van der Waals surface area contributed by atoms with Crippen LogP contribution in [0.2, 0.25) is 0 Å². The van der Waals surface area contributed by atoms with Crippen LogP contribution in [0.15, 0.2) is 40.6 Å².